The molecule has 0 saturated carbocycles. The Balaban J connectivity index is 2.05. The Morgan fingerprint density at radius 3 is 2.84 bits per heavy atom. The number of hydrogen-bond acceptors (Lipinski definition) is 7. The van der Waals surface area contributed by atoms with E-state index < -0.39 is 24.5 Å². The maximum atomic E-state index is 9.95. The minimum atomic E-state index is -1.19. The number of aliphatic hydroxyl groups is 3. The van der Waals surface area contributed by atoms with Crippen molar-refractivity contribution in [2.45, 2.75) is 24.5 Å². The number of nitrogens with one attached hydrogen (secondary N) is 1. The molecular formula is C10H12N4O4S. The molecule has 0 radical (unpaired) electrons. The number of imidazole rings is 1. The summed E-state index contributed by atoms with van der Waals surface area (Å²) < 4.78 is 7.19. The molecule has 4 N–H and O–H groups in total. The summed E-state index contributed by atoms with van der Waals surface area (Å²) in [5.74, 6) is 0. The lowest BCUT2D eigenvalue weighted by Crippen LogP contribution is -2.33. The average molecular weight is 284 g/mol. The van der Waals surface area contributed by atoms with Crippen LogP contribution in [0.15, 0.2) is 12.7 Å². The molecule has 4 atom stereocenters. The van der Waals surface area contributed by atoms with Crippen molar-refractivity contribution in [2.24, 2.45) is 0 Å². The van der Waals surface area contributed by atoms with Gasteiger partial charge in [0, 0.05) is 0 Å². The van der Waals surface area contributed by atoms with Gasteiger partial charge in [0.05, 0.1) is 12.9 Å². The maximum absolute atomic E-state index is 9.95. The van der Waals surface area contributed by atoms with Crippen LogP contribution in [0, 0.1) is 4.64 Å². The van der Waals surface area contributed by atoms with Crippen molar-refractivity contribution < 1.29 is 20.1 Å². The van der Waals surface area contributed by atoms with Crippen molar-refractivity contribution in [1.29, 1.82) is 0 Å². The minimum absolute atomic E-state index is 0.359. The first kappa shape index (κ1) is 12.6. The highest BCUT2D eigenvalue weighted by Gasteiger charge is 2.43. The normalized spacial score (nSPS) is 31.1. The Morgan fingerprint density at radius 2 is 2.16 bits per heavy atom. The SMILES string of the molecule is OC[C@H]1O[C@@H](n2cnc3nc[nH]c3c2=S)[C@H](O)[C@@H]1O. The molecule has 0 bridgehead atoms. The maximum Gasteiger partial charge on any atom is 0.181 e. The third kappa shape index (κ3) is 1.86. The van der Waals surface area contributed by atoms with Gasteiger partial charge in [0.1, 0.15) is 34.8 Å². The number of fused-ring (bicyclic) bond motifs is 1. The van der Waals surface area contributed by atoms with Gasteiger partial charge in [-0.3, -0.25) is 4.57 Å². The summed E-state index contributed by atoms with van der Waals surface area (Å²) in [6.45, 7) is -0.387. The van der Waals surface area contributed by atoms with E-state index in [0.717, 1.165) is 0 Å². The molecule has 19 heavy (non-hydrogen) atoms. The molecule has 1 aliphatic heterocycles. The summed E-state index contributed by atoms with van der Waals surface area (Å²) in [5.41, 5.74) is 1.02. The van der Waals surface area contributed by atoms with E-state index in [2.05, 4.69) is 15.0 Å². The Labute approximate surface area is 112 Å². The van der Waals surface area contributed by atoms with Gasteiger partial charge in [0.25, 0.3) is 0 Å². The van der Waals surface area contributed by atoms with Gasteiger partial charge in [-0.2, -0.15) is 0 Å². The van der Waals surface area contributed by atoms with Crippen molar-refractivity contribution >= 4 is 23.4 Å². The van der Waals surface area contributed by atoms with E-state index in [4.69, 9.17) is 22.1 Å². The molecule has 3 heterocycles. The van der Waals surface area contributed by atoms with Crippen LogP contribution in [0.3, 0.4) is 0 Å². The monoisotopic (exact) mass is 284 g/mol. The molecule has 0 aliphatic carbocycles. The van der Waals surface area contributed by atoms with E-state index >= 15 is 0 Å². The second-order valence-corrected chi connectivity index (χ2v) is 4.67. The van der Waals surface area contributed by atoms with Crippen LogP contribution in [-0.4, -0.2) is 59.8 Å². The predicted octanol–water partition coefficient (Wildman–Crippen LogP) is -0.900. The Morgan fingerprint density at radius 1 is 1.37 bits per heavy atom. The zero-order chi connectivity index (χ0) is 13.6. The number of nitrogens with zero attached hydrogens (tertiary/aromatic N) is 3. The van der Waals surface area contributed by atoms with Crippen molar-refractivity contribution in [3.8, 4) is 0 Å². The summed E-state index contributed by atoms with van der Waals surface area (Å²) >= 11 is 5.27. The zero-order valence-corrected chi connectivity index (χ0v) is 10.5. The second-order valence-electron chi connectivity index (χ2n) is 4.29. The molecule has 0 amide bonds. The van der Waals surface area contributed by atoms with Crippen LogP contribution in [0.5, 0.6) is 0 Å². The van der Waals surface area contributed by atoms with Crippen molar-refractivity contribution in [3.05, 3.63) is 17.3 Å². The van der Waals surface area contributed by atoms with Crippen molar-refractivity contribution in [1.82, 2.24) is 19.5 Å². The van der Waals surface area contributed by atoms with Crippen LogP contribution in [0.4, 0.5) is 0 Å². The van der Waals surface area contributed by atoms with E-state index in [0.29, 0.717) is 15.8 Å². The zero-order valence-electron chi connectivity index (χ0n) is 9.67. The smallest absolute Gasteiger partial charge is 0.181 e. The van der Waals surface area contributed by atoms with E-state index in [1.807, 2.05) is 0 Å². The molecule has 9 heteroatoms. The molecule has 0 spiro atoms. The molecular weight excluding hydrogens is 272 g/mol. The fraction of sp³-hybridized carbons (Fsp3) is 0.500. The molecule has 3 rings (SSSR count). The highest BCUT2D eigenvalue weighted by atomic mass is 32.1. The summed E-state index contributed by atoms with van der Waals surface area (Å²) in [5, 5.41) is 28.7. The van der Waals surface area contributed by atoms with E-state index in [-0.39, 0.29) is 6.61 Å². The van der Waals surface area contributed by atoms with Gasteiger partial charge in [-0.1, -0.05) is 12.2 Å². The number of ether oxygens (including phenoxy) is 1. The molecule has 102 valence electrons. The van der Waals surface area contributed by atoms with Gasteiger partial charge >= 0.3 is 0 Å². The Kier molecular flexibility index (Phi) is 3.07. The molecule has 0 unspecified atom stereocenters. The Bertz CT molecular complexity index is 656. The van der Waals surface area contributed by atoms with E-state index in [9.17, 15) is 10.2 Å². The lowest BCUT2D eigenvalue weighted by Gasteiger charge is -2.18. The number of hydrogen-bond donors (Lipinski definition) is 4. The standard InChI is InChI=1S/C10H12N4O4S/c15-1-4-6(16)7(17)9(18-4)14-3-13-8-5(10(14)19)11-2-12-8/h2-4,6-7,9,15-17H,1H2,(H,11,12)/t4-,6-,7-,9-/m1/s1. The van der Waals surface area contributed by atoms with Crippen LogP contribution < -0.4 is 0 Å². The van der Waals surface area contributed by atoms with Crippen molar-refractivity contribution in [3.63, 3.8) is 0 Å². The highest BCUT2D eigenvalue weighted by molar-refractivity contribution is 7.71. The number of rotatable bonds is 2. The molecule has 8 nitrogen and oxygen atoms in total. The molecule has 0 aromatic carbocycles. The number of aromatic nitrogens is 4. The lowest BCUT2D eigenvalue weighted by molar-refractivity contribution is -0.0538. The largest absolute Gasteiger partial charge is 0.394 e. The summed E-state index contributed by atoms with van der Waals surface area (Å²) in [6, 6.07) is 0. The third-order valence-corrected chi connectivity index (χ3v) is 3.58. The van der Waals surface area contributed by atoms with E-state index in [1.54, 1.807) is 0 Å². The topological polar surface area (TPSA) is 116 Å². The number of aliphatic hydroxyl groups excluding tert-OH is 3. The first-order chi connectivity index (χ1) is 9.13. The third-order valence-electron chi connectivity index (χ3n) is 3.16. The van der Waals surface area contributed by atoms with Gasteiger partial charge in [-0.05, 0) is 0 Å². The summed E-state index contributed by atoms with van der Waals surface area (Å²) in [4.78, 5) is 10.9. The first-order valence-electron chi connectivity index (χ1n) is 5.66. The molecule has 1 fully saturated rings. The van der Waals surface area contributed by atoms with Gasteiger partial charge in [-0.25, -0.2) is 9.97 Å². The number of aromatic amines is 1. The molecule has 2 aromatic rings. The lowest BCUT2D eigenvalue weighted by atomic mass is 10.1. The van der Waals surface area contributed by atoms with Crippen molar-refractivity contribution in [2.75, 3.05) is 6.61 Å². The van der Waals surface area contributed by atoms with Crippen LogP contribution in [0.25, 0.3) is 11.2 Å². The van der Waals surface area contributed by atoms with Crippen LogP contribution >= 0.6 is 12.2 Å². The molecule has 2 aromatic heterocycles. The van der Waals surface area contributed by atoms with Crippen LogP contribution in [-0.2, 0) is 4.74 Å². The van der Waals surface area contributed by atoms with Gasteiger partial charge in [0.2, 0.25) is 0 Å². The average Bonchev–Trinajstić information content (AvgIpc) is 2.98. The fourth-order valence-corrected chi connectivity index (χ4v) is 2.43. The second kappa shape index (κ2) is 4.62. The van der Waals surface area contributed by atoms with Crippen LogP contribution in [0.2, 0.25) is 0 Å². The molecule has 1 saturated heterocycles. The molecule has 1 aliphatic rings. The summed E-state index contributed by atoms with van der Waals surface area (Å²) in [6.07, 6.45) is -1.24. The van der Waals surface area contributed by atoms with Gasteiger partial charge in [-0.15, -0.1) is 0 Å². The van der Waals surface area contributed by atoms with Crippen LogP contribution in [0.1, 0.15) is 6.23 Å². The quantitative estimate of drug-likeness (QED) is 0.528. The fourth-order valence-electron chi connectivity index (χ4n) is 2.13. The van der Waals surface area contributed by atoms with E-state index in [1.165, 1.54) is 17.2 Å². The Hall–Kier alpha value is -1.39. The summed E-state index contributed by atoms with van der Waals surface area (Å²) in [7, 11) is 0. The highest BCUT2D eigenvalue weighted by Crippen LogP contribution is 2.29. The predicted molar refractivity (Wildman–Crippen MR) is 65.7 cm³/mol. The minimum Gasteiger partial charge on any atom is -0.394 e. The van der Waals surface area contributed by atoms with Gasteiger partial charge in [0.15, 0.2) is 11.9 Å². The van der Waals surface area contributed by atoms with Gasteiger partial charge < -0.3 is 25.0 Å². The first-order valence-corrected chi connectivity index (χ1v) is 6.07. The number of H-pyrrole nitrogens is 1.